The van der Waals surface area contributed by atoms with Crippen molar-refractivity contribution in [3.8, 4) is 0 Å². The smallest absolute Gasteiger partial charge is 0.150 e. The van der Waals surface area contributed by atoms with Crippen LogP contribution in [0.1, 0.15) is 0 Å². The van der Waals surface area contributed by atoms with Gasteiger partial charge in [-0.15, -0.1) is 22.7 Å². The van der Waals surface area contributed by atoms with Crippen molar-refractivity contribution in [2.75, 3.05) is 0 Å². The summed E-state index contributed by atoms with van der Waals surface area (Å²) in [6, 6.07) is 3.92. The molecule has 4 aromatic rings. The molecule has 0 aromatic carbocycles. The van der Waals surface area contributed by atoms with E-state index >= 15 is 0 Å². The zero-order valence-electron chi connectivity index (χ0n) is 10.1. The second-order valence-electron chi connectivity index (χ2n) is 3.73. The molecule has 0 spiro atoms. The largest absolute Gasteiger partial charge is 0.235 e. The molecule has 0 N–H and O–H groups in total. The maximum absolute atomic E-state index is 5.83. The summed E-state index contributed by atoms with van der Waals surface area (Å²) in [7, 11) is 0. The number of nitrogens with zero attached hydrogens (tertiary/aromatic N) is 4. The van der Waals surface area contributed by atoms with Crippen LogP contribution in [0, 0.1) is 2.88 Å². The molecule has 0 amide bonds. The minimum Gasteiger partial charge on any atom is -0.235 e. The van der Waals surface area contributed by atoms with Crippen LogP contribution < -0.4 is 0 Å². The van der Waals surface area contributed by atoms with Crippen molar-refractivity contribution in [2.24, 2.45) is 0 Å². The summed E-state index contributed by atoms with van der Waals surface area (Å²) in [6.45, 7) is 0. The van der Waals surface area contributed by atoms with Crippen LogP contribution >= 0.6 is 68.5 Å². The average molecular weight is 467 g/mol. The molecular formula is C12H5Cl2IN4S2. The molecule has 0 saturated carbocycles. The molecule has 0 bridgehead atoms. The van der Waals surface area contributed by atoms with Crippen molar-refractivity contribution in [2.45, 2.75) is 0 Å². The Morgan fingerprint density at radius 2 is 1.57 bits per heavy atom. The topological polar surface area (TPSA) is 51.6 Å². The number of fused-ring (bicyclic) bond motifs is 2. The fourth-order valence-corrected chi connectivity index (χ4v) is 4.48. The van der Waals surface area contributed by atoms with E-state index in [0.29, 0.717) is 10.3 Å². The predicted molar refractivity (Wildman–Crippen MR) is 97.6 cm³/mol. The van der Waals surface area contributed by atoms with Crippen LogP contribution in [0.15, 0.2) is 30.2 Å². The van der Waals surface area contributed by atoms with Gasteiger partial charge in [-0.05, 0) is 40.1 Å². The van der Waals surface area contributed by atoms with Gasteiger partial charge in [0.25, 0.3) is 0 Å². The molecule has 0 radical (unpaired) electrons. The normalized spacial score (nSPS) is 10.6. The van der Waals surface area contributed by atoms with Crippen molar-refractivity contribution in [3.05, 3.63) is 43.4 Å². The van der Waals surface area contributed by atoms with Gasteiger partial charge in [0.05, 0.1) is 23.3 Å². The molecule has 0 aliphatic rings. The van der Waals surface area contributed by atoms with Gasteiger partial charge in [0.15, 0.2) is 0 Å². The molecule has 4 nitrogen and oxygen atoms in total. The molecular weight excluding hydrogens is 462 g/mol. The molecule has 0 atom stereocenters. The maximum atomic E-state index is 5.83. The standard InChI is InChI=1S/C6H2ClIN2S.C6H3ClN2S/c7-6-5-3(9-2-10-6)1-4(8)11-5;7-6-5-4(1-2-10-5)8-3-9-6/h1-2H;1-3H. The first-order valence-electron chi connectivity index (χ1n) is 5.54. The van der Waals surface area contributed by atoms with Crippen molar-refractivity contribution in [3.63, 3.8) is 0 Å². The minimum atomic E-state index is 0.542. The minimum absolute atomic E-state index is 0.542. The Balaban J connectivity index is 0.000000126. The third kappa shape index (κ3) is 3.42. The molecule has 4 heterocycles. The van der Waals surface area contributed by atoms with Crippen LogP contribution in [0.3, 0.4) is 0 Å². The first-order valence-corrected chi connectivity index (χ1v) is 9.07. The lowest BCUT2D eigenvalue weighted by Gasteiger charge is -1.87. The van der Waals surface area contributed by atoms with Crippen molar-refractivity contribution < 1.29 is 0 Å². The molecule has 4 aromatic heterocycles. The van der Waals surface area contributed by atoms with E-state index in [2.05, 4.69) is 42.5 Å². The van der Waals surface area contributed by atoms with Gasteiger partial charge in [-0.3, -0.25) is 0 Å². The van der Waals surface area contributed by atoms with Gasteiger partial charge in [0, 0.05) is 0 Å². The Hall–Kier alpha value is -0.610. The summed E-state index contributed by atoms with van der Waals surface area (Å²) in [5.41, 5.74) is 1.85. The zero-order chi connectivity index (χ0) is 14.8. The van der Waals surface area contributed by atoms with E-state index < -0.39 is 0 Å². The fourth-order valence-electron chi connectivity index (χ4n) is 1.56. The number of aromatic nitrogens is 4. The lowest BCUT2D eigenvalue weighted by molar-refractivity contribution is 1.23. The van der Waals surface area contributed by atoms with Gasteiger partial charge in [-0.25, -0.2) is 19.9 Å². The van der Waals surface area contributed by atoms with Crippen molar-refractivity contribution in [1.29, 1.82) is 0 Å². The van der Waals surface area contributed by atoms with Crippen LogP contribution in [-0.4, -0.2) is 19.9 Å². The van der Waals surface area contributed by atoms with Gasteiger partial charge in [-0.1, -0.05) is 23.2 Å². The lowest BCUT2D eigenvalue weighted by atomic mass is 10.5. The summed E-state index contributed by atoms with van der Waals surface area (Å²) in [4.78, 5) is 15.8. The summed E-state index contributed by atoms with van der Waals surface area (Å²) in [5.74, 6) is 0. The number of halogens is 3. The van der Waals surface area contributed by atoms with Gasteiger partial charge in [0.2, 0.25) is 0 Å². The first-order chi connectivity index (χ1) is 10.1. The van der Waals surface area contributed by atoms with Gasteiger partial charge < -0.3 is 0 Å². The predicted octanol–water partition coefficient (Wildman–Crippen LogP) is 5.29. The highest BCUT2D eigenvalue weighted by Crippen LogP contribution is 2.29. The van der Waals surface area contributed by atoms with E-state index in [9.17, 15) is 0 Å². The third-order valence-electron chi connectivity index (χ3n) is 2.44. The highest BCUT2D eigenvalue weighted by Gasteiger charge is 2.04. The fraction of sp³-hybridized carbons (Fsp3) is 0. The molecule has 4 rings (SSSR count). The first kappa shape index (κ1) is 15.3. The third-order valence-corrected chi connectivity index (χ3v) is 6.04. The van der Waals surface area contributed by atoms with E-state index in [0.717, 1.165) is 20.4 Å². The zero-order valence-corrected chi connectivity index (χ0v) is 15.4. The van der Waals surface area contributed by atoms with E-state index in [1.165, 1.54) is 15.5 Å². The summed E-state index contributed by atoms with van der Waals surface area (Å²) in [5, 5.41) is 3.04. The molecule has 9 heteroatoms. The average Bonchev–Trinajstić information content (AvgIpc) is 3.06. The lowest BCUT2D eigenvalue weighted by Crippen LogP contribution is -1.76. The molecule has 106 valence electrons. The van der Waals surface area contributed by atoms with Crippen molar-refractivity contribution in [1.82, 2.24) is 19.9 Å². The number of hydrogen-bond donors (Lipinski definition) is 0. The Morgan fingerprint density at radius 3 is 2.24 bits per heavy atom. The Labute approximate surface area is 151 Å². The van der Waals surface area contributed by atoms with Crippen LogP contribution in [0.2, 0.25) is 10.3 Å². The van der Waals surface area contributed by atoms with E-state index in [1.807, 2.05) is 17.5 Å². The van der Waals surface area contributed by atoms with Gasteiger partial charge >= 0.3 is 0 Å². The second kappa shape index (κ2) is 6.66. The molecule has 0 aliphatic carbocycles. The highest BCUT2D eigenvalue weighted by atomic mass is 127. The van der Waals surface area contributed by atoms with Gasteiger partial charge in [-0.2, -0.15) is 0 Å². The molecule has 0 fully saturated rings. The summed E-state index contributed by atoms with van der Waals surface area (Å²) < 4.78 is 3.11. The second-order valence-corrected chi connectivity index (χ2v) is 8.31. The van der Waals surface area contributed by atoms with E-state index in [4.69, 9.17) is 23.2 Å². The Morgan fingerprint density at radius 1 is 0.905 bits per heavy atom. The SMILES string of the molecule is Clc1ncnc2cc(I)sc12.Clc1ncnc2ccsc12. The monoisotopic (exact) mass is 466 g/mol. The molecule has 0 unspecified atom stereocenters. The maximum Gasteiger partial charge on any atom is 0.150 e. The van der Waals surface area contributed by atoms with Crippen LogP contribution in [-0.2, 0) is 0 Å². The van der Waals surface area contributed by atoms with Crippen LogP contribution in [0.5, 0.6) is 0 Å². The Kier molecular flexibility index (Phi) is 4.85. The highest BCUT2D eigenvalue weighted by molar-refractivity contribution is 14.1. The number of rotatable bonds is 0. The quantitative estimate of drug-likeness (QED) is 0.261. The Bertz CT molecular complexity index is 908. The number of thiophene rings is 2. The molecule has 0 saturated heterocycles. The van der Waals surface area contributed by atoms with E-state index in [-0.39, 0.29) is 0 Å². The van der Waals surface area contributed by atoms with E-state index in [1.54, 1.807) is 22.7 Å². The van der Waals surface area contributed by atoms with Crippen LogP contribution in [0.4, 0.5) is 0 Å². The summed E-state index contributed by atoms with van der Waals surface area (Å²) in [6.07, 6.45) is 2.95. The molecule has 21 heavy (non-hydrogen) atoms. The number of hydrogen-bond acceptors (Lipinski definition) is 6. The van der Waals surface area contributed by atoms with Crippen LogP contribution in [0.25, 0.3) is 20.4 Å². The van der Waals surface area contributed by atoms with Crippen molar-refractivity contribution >= 4 is 88.9 Å². The van der Waals surface area contributed by atoms with Gasteiger partial charge in [0.1, 0.15) is 23.0 Å². The molecule has 0 aliphatic heterocycles. The summed E-state index contributed by atoms with van der Waals surface area (Å²) >= 11 is 17.0.